The van der Waals surface area contributed by atoms with Gasteiger partial charge in [-0.05, 0) is 61.9 Å². The van der Waals surface area contributed by atoms with Gasteiger partial charge in [0.15, 0.2) is 11.5 Å². The van der Waals surface area contributed by atoms with Gasteiger partial charge in [0.2, 0.25) is 0 Å². The van der Waals surface area contributed by atoms with E-state index in [1.165, 1.54) is 0 Å². The summed E-state index contributed by atoms with van der Waals surface area (Å²) in [5, 5.41) is 9.87. The number of rotatable bonds is 6. The first-order chi connectivity index (χ1) is 14.9. The summed E-state index contributed by atoms with van der Waals surface area (Å²) in [6, 6.07) is 11.6. The Labute approximate surface area is 188 Å². The lowest BCUT2D eigenvalue weighted by Crippen LogP contribution is -2.38. The van der Waals surface area contributed by atoms with E-state index in [4.69, 9.17) is 26.2 Å². The van der Waals surface area contributed by atoms with Crippen LogP contribution in [0.3, 0.4) is 0 Å². The molecule has 2 aromatic carbocycles. The number of amides is 1. The number of carbonyl (C=O) groups excluding carboxylic acids is 1. The zero-order valence-electron chi connectivity index (χ0n) is 18.2. The van der Waals surface area contributed by atoms with Crippen LogP contribution in [0.15, 0.2) is 36.4 Å². The molecule has 2 aromatic rings. The molecule has 4 rings (SSSR count). The lowest BCUT2D eigenvalue weighted by atomic mass is 9.91. The molecule has 0 saturated carbocycles. The molecule has 1 saturated heterocycles. The van der Waals surface area contributed by atoms with E-state index in [1.807, 2.05) is 35.2 Å². The monoisotopic (exact) mass is 443 g/mol. The predicted octanol–water partition coefficient (Wildman–Crippen LogP) is 4.52. The van der Waals surface area contributed by atoms with Crippen LogP contribution in [0.4, 0.5) is 0 Å². The maximum atomic E-state index is 13.2. The molecule has 0 aliphatic carbocycles. The van der Waals surface area contributed by atoms with Gasteiger partial charge in [-0.3, -0.25) is 4.79 Å². The molecule has 0 aromatic heterocycles. The average molecular weight is 444 g/mol. The fourth-order valence-electron chi connectivity index (χ4n) is 4.79. The second-order valence-electron chi connectivity index (χ2n) is 8.95. The Morgan fingerprint density at radius 1 is 1.26 bits per heavy atom. The Morgan fingerprint density at radius 2 is 1.97 bits per heavy atom. The number of aliphatic hydroxyl groups is 1. The third kappa shape index (κ3) is 4.83. The molecule has 166 valence electrons. The molecule has 0 unspecified atom stereocenters. The van der Waals surface area contributed by atoms with Gasteiger partial charge in [0.1, 0.15) is 5.60 Å². The number of aliphatic hydroxyl groups excluding tert-OH is 1. The third-order valence-electron chi connectivity index (χ3n) is 6.44. The van der Waals surface area contributed by atoms with Gasteiger partial charge in [0.05, 0.1) is 7.11 Å². The summed E-state index contributed by atoms with van der Waals surface area (Å²) in [6.45, 7) is 3.77. The van der Waals surface area contributed by atoms with Crippen molar-refractivity contribution in [2.24, 2.45) is 5.92 Å². The van der Waals surface area contributed by atoms with Gasteiger partial charge in [0.25, 0.3) is 5.91 Å². The first kappa shape index (κ1) is 22.0. The number of fused-ring (bicyclic) bond motifs is 1. The van der Waals surface area contributed by atoms with Crippen molar-refractivity contribution in [2.45, 2.75) is 44.6 Å². The van der Waals surface area contributed by atoms with Gasteiger partial charge in [0, 0.05) is 48.7 Å². The van der Waals surface area contributed by atoms with Crippen LogP contribution in [0.2, 0.25) is 5.02 Å². The summed E-state index contributed by atoms with van der Waals surface area (Å²) < 4.78 is 12.0. The maximum Gasteiger partial charge on any atom is 0.254 e. The average Bonchev–Trinajstić information content (AvgIpc) is 3.10. The van der Waals surface area contributed by atoms with Crippen molar-refractivity contribution in [2.75, 3.05) is 26.8 Å². The van der Waals surface area contributed by atoms with Crippen molar-refractivity contribution in [3.8, 4) is 11.5 Å². The topological polar surface area (TPSA) is 59.0 Å². The second kappa shape index (κ2) is 9.09. The van der Waals surface area contributed by atoms with Gasteiger partial charge in [-0.15, -0.1) is 0 Å². The van der Waals surface area contributed by atoms with E-state index in [9.17, 15) is 4.79 Å². The molecule has 1 N–H and O–H groups in total. The van der Waals surface area contributed by atoms with Crippen molar-refractivity contribution < 1.29 is 19.4 Å². The SMILES string of the molecule is COc1cc(C(=O)N2CCC(CCO)CC2)cc2c1O[C@](C)(Cc1ccc(Cl)cc1)C2. The van der Waals surface area contributed by atoms with Crippen LogP contribution in [-0.2, 0) is 12.8 Å². The fraction of sp³-hybridized carbons (Fsp3) is 0.480. The zero-order chi connectivity index (χ0) is 22.0. The Hall–Kier alpha value is -2.24. The largest absolute Gasteiger partial charge is 0.493 e. The number of benzene rings is 2. The molecule has 0 spiro atoms. The minimum absolute atomic E-state index is 0.0369. The number of methoxy groups -OCH3 is 1. The molecular formula is C25H30ClNO4. The van der Waals surface area contributed by atoms with Gasteiger partial charge in [-0.2, -0.15) is 0 Å². The standard InChI is InChI=1S/C25H30ClNO4/c1-25(15-18-3-5-21(26)6-4-18)16-20-13-19(14-22(30-2)23(20)31-25)24(29)27-10-7-17(8-11-27)9-12-28/h3-6,13-14,17,28H,7-12,15-16H2,1-2H3/t25-/m1/s1. The van der Waals surface area contributed by atoms with Crippen molar-refractivity contribution in [1.29, 1.82) is 0 Å². The van der Waals surface area contributed by atoms with Gasteiger partial charge >= 0.3 is 0 Å². The molecule has 1 amide bonds. The second-order valence-corrected chi connectivity index (χ2v) is 9.38. The number of ether oxygens (including phenoxy) is 2. The number of likely N-dealkylation sites (tertiary alicyclic amines) is 1. The lowest BCUT2D eigenvalue weighted by molar-refractivity contribution is 0.0677. The minimum Gasteiger partial charge on any atom is -0.493 e. The van der Waals surface area contributed by atoms with Gasteiger partial charge in [-0.1, -0.05) is 23.7 Å². The van der Waals surface area contributed by atoms with Crippen LogP contribution < -0.4 is 9.47 Å². The molecule has 2 heterocycles. The number of hydrogen-bond acceptors (Lipinski definition) is 4. The quantitative estimate of drug-likeness (QED) is 0.713. The molecule has 6 heteroatoms. The Bertz CT molecular complexity index is 937. The highest BCUT2D eigenvalue weighted by molar-refractivity contribution is 6.30. The van der Waals surface area contributed by atoms with Crippen LogP contribution in [0, 0.1) is 5.92 Å². The molecule has 5 nitrogen and oxygen atoms in total. The predicted molar refractivity (Wildman–Crippen MR) is 121 cm³/mol. The number of hydrogen-bond donors (Lipinski definition) is 1. The summed E-state index contributed by atoms with van der Waals surface area (Å²) in [4.78, 5) is 15.1. The van der Waals surface area contributed by atoms with Crippen LogP contribution in [0.1, 0.15) is 47.7 Å². The summed E-state index contributed by atoms with van der Waals surface area (Å²) in [5.41, 5.74) is 2.40. The van der Waals surface area contributed by atoms with Crippen molar-refractivity contribution >= 4 is 17.5 Å². The van der Waals surface area contributed by atoms with Crippen LogP contribution >= 0.6 is 11.6 Å². The lowest BCUT2D eigenvalue weighted by Gasteiger charge is -2.32. The summed E-state index contributed by atoms with van der Waals surface area (Å²) in [5.74, 6) is 1.88. The highest BCUT2D eigenvalue weighted by Gasteiger charge is 2.38. The molecule has 1 atom stereocenters. The number of carbonyl (C=O) groups is 1. The summed E-state index contributed by atoms with van der Waals surface area (Å²) in [7, 11) is 1.61. The minimum atomic E-state index is -0.409. The van der Waals surface area contributed by atoms with E-state index in [-0.39, 0.29) is 12.5 Å². The normalized spacial score (nSPS) is 21.0. The summed E-state index contributed by atoms with van der Waals surface area (Å²) >= 11 is 6.02. The van der Waals surface area contributed by atoms with Crippen LogP contribution in [0.25, 0.3) is 0 Å². The van der Waals surface area contributed by atoms with E-state index in [1.54, 1.807) is 13.2 Å². The van der Waals surface area contributed by atoms with E-state index < -0.39 is 5.60 Å². The van der Waals surface area contributed by atoms with E-state index in [0.29, 0.717) is 23.7 Å². The van der Waals surface area contributed by atoms with E-state index in [0.717, 1.165) is 60.7 Å². The van der Waals surface area contributed by atoms with Gasteiger partial charge < -0.3 is 19.5 Å². The number of piperidine rings is 1. The number of halogens is 1. The van der Waals surface area contributed by atoms with Crippen LogP contribution in [-0.4, -0.2) is 48.3 Å². The first-order valence-corrected chi connectivity index (χ1v) is 11.3. The zero-order valence-corrected chi connectivity index (χ0v) is 19.0. The molecule has 0 radical (unpaired) electrons. The third-order valence-corrected chi connectivity index (χ3v) is 6.69. The Kier molecular flexibility index (Phi) is 6.44. The fourth-order valence-corrected chi connectivity index (χ4v) is 4.92. The van der Waals surface area contributed by atoms with Gasteiger partial charge in [-0.25, -0.2) is 0 Å². The Morgan fingerprint density at radius 3 is 2.61 bits per heavy atom. The smallest absolute Gasteiger partial charge is 0.254 e. The number of nitrogens with zero attached hydrogens (tertiary/aromatic N) is 1. The molecule has 0 bridgehead atoms. The molecule has 2 aliphatic heterocycles. The van der Waals surface area contributed by atoms with E-state index >= 15 is 0 Å². The van der Waals surface area contributed by atoms with E-state index in [2.05, 4.69) is 6.92 Å². The first-order valence-electron chi connectivity index (χ1n) is 11.0. The molecule has 2 aliphatic rings. The molecular weight excluding hydrogens is 414 g/mol. The maximum absolute atomic E-state index is 13.2. The van der Waals surface area contributed by atoms with Crippen LogP contribution in [0.5, 0.6) is 11.5 Å². The highest BCUT2D eigenvalue weighted by atomic mass is 35.5. The van der Waals surface area contributed by atoms with Crippen molar-refractivity contribution in [3.05, 3.63) is 58.1 Å². The summed E-state index contributed by atoms with van der Waals surface area (Å²) in [6.07, 6.45) is 4.15. The van der Waals surface area contributed by atoms with Crippen molar-refractivity contribution in [1.82, 2.24) is 4.90 Å². The highest BCUT2D eigenvalue weighted by Crippen LogP contribution is 2.44. The van der Waals surface area contributed by atoms with Crippen molar-refractivity contribution in [3.63, 3.8) is 0 Å². The Balaban J connectivity index is 1.51. The molecule has 1 fully saturated rings. The molecule has 31 heavy (non-hydrogen) atoms.